The summed E-state index contributed by atoms with van der Waals surface area (Å²) in [4.78, 5) is 24.1. The van der Waals surface area contributed by atoms with Crippen LogP contribution in [0.1, 0.15) is 21.7 Å². The standard InChI is InChI=1S/C18H19FN6O2/c1-12-6-16(24(2)23-12)18(27)20-9-17(26)22-15-8-21-25(11-15)10-13-4-3-5-14(19)7-13/h3-8,11H,9-10H2,1-2H3,(H,20,27)(H,22,26). The lowest BCUT2D eigenvalue weighted by Crippen LogP contribution is -2.33. The molecular formula is C18H19FN6O2. The van der Waals surface area contributed by atoms with E-state index in [0.29, 0.717) is 17.9 Å². The molecule has 9 heteroatoms. The van der Waals surface area contributed by atoms with Crippen LogP contribution in [0.15, 0.2) is 42.7 Å². The third-order valence-electron chi connectivity index (χ3n) is 3.79. The Morgan fingerprint density at radius 3 is 2.78 bits per heavy atom. The van der Waals surface area contributed by atoms with Crippen LogP contribution in [0, 0.1) is 12.7 Å². The van der Waals surface area contributed by atoms with Gasteiger partial charge in [-0.1, -0.05) is 12.1 Å². The lowest BCUT2D eigenvalue weighted by molar-refractivity contribution is -0.115. The molecule has 0 bridgehead atoms. The van der Waals surface area contributed by atoms with Gasteiger partial charge in [0.25, 0.3) is 5.91 Å². The number of anilines is 1. The van der Waals surface area contributed by atoms with E-state index in [4.69, 9.17) is 0 Å². The maximum absolute atomic E-state index is 13.2. The average molecular weight is 370 g/mol. The van der Waals surface area contributed by atoms with Crippen molar-refractivity contribution in [2.45, 2.75) is 13.5 Å². The lowest BCUT2D eigenvalue weighted by atomic mass is 10.2. The van der Waals surface area contributed by atoms with Crippen LogP contribution < -0.4 is 10.6 Å². The molecule has 2 aromatic heterocycles. The van der Waals surface area contributed by atoms with Gasteiger partial charge in [-0.25, -0.2) is 4.39 Å². The van der Waals surface area contributed by atoms with Gasteiger partial charge in [-0.15, -0.1) is 0 Å². The van der Waals surface area contributed by atoms with Gasteiger partial charge in [0, 0.05) is 13.2 Å². The first-order valence-electron chi connectivity index (χ1n) is 8.26. The number of carbonyl (C=O) groups is 2. The minimum Gasteiger partial charge on any atom is -0.342 e. The largest absolute Gasteiger partial charge is 0.342 e. The molecule has 0 saturated carbocycles. The molecule has 0 radical (unpaired) electrons. The maximum atomic E-state index is 13.2. The van der Waals surface area contributed by atoms with Gasteiger partial charge in [0.1, 0.15) is 11.5 Å². The molecule has 8 nitrogen and oxygen atoms in total. The van der Waals surface area contributed by atoms with Crippen LogP contribution in [0.25, 0.3) is 0 Å². The van der Waals surface area contributed by atoms with Gasteiger partial charge in [-0.2, -0.15) is 10.2 Å². The van der Waals surface area contributed by atoms with Gasteiger partial charge < -0.3 is 10.6 Å². The SMILES string of the molecule is Cc1cc(C(=O)NCC(=O)Nc2cnn(Cc3cccc(F)c3)c2)n(C)n1. The average Bonchev–Trinajstić information content (AvgIpc) is 3.18. The number of aromatic nitrogens is 4. The molecule has 3 aromatic rings. The molecule has 0 unspecified atom stereocenters. The number of carbonyl (C=O) groups excluding carboxylic acids is 2. The van der Waals surface area contributed by atoms with Gasteiger partial charge in [-0.05, 0) is 30.7 Å². The lowest BCUT2D eigenvalue weighted by Gasteiger charge is -2.05. The summed E-state index contributed by atoms with van der Waals surface area (Å²) in [7, 11) is 1.66. The maximum Gasteiger partial charge on any atom is 0.269 e. The number of aryl methyl sites for hydroxylation is 2. The Balaban J connectivity index is 1.52. The summed E-state index contributed by atoms with van der Waals surface area (Å²) >= 11 is 0. The molecule has 2 heterocycles. The highest BCUT2D eigenvalue weighted by Gasteiger charge is 2.13. The van der Waals surface area contributed by atoms with Crippen molar-refractivity contribution in [3.63, 3.8) is 0 Å². The third kappa shape index (κ3) is 4.78. The van der Waals surface area contributed by atoms with Gasteiger partial charge >= 0.3 is 0 Å². The topological polar surface area (TPSA) is 93.8 Å². The molecule has 2 amide bonds. The van der Waals surface area contributed by atoms with Crippen molar-refractivity contribution in [1.82, 2.24) is 24.9 Å². The number of hydrogen-bond donors (Lipinski definition) is 2. The van der Waals surface area contributed by atoms with Crippen LogP contribution in [0.5, 0.6) is 0 Å². The van der Waals surface area contributed by atoms with E-state index in [9.17, 15) is 14.0 Å². The van der Waals surface area contributed by atoms with Crippen LogP contribution in [0.3, 0.4) is 0 Å². The summed E-state index contributed by atoms with van der Waals surface area (Å²) in [5.41, 5.74) is 2.35. The van der Waals surface area contributed by atoms with Crippen molar-refractivity contribution in [2.24, 2.45) is 7.05 Å². The van der Waals surface area contributed by atoms with Crippen LogP contribution in [0.4, 0.5) is 10.1 Å². The number of nitrogens with zero attached hydrogens (tertiary/aromatic N) is 4. The summed E-state index contributed by atoms with van der Waals surface area (Å²) in [6.45, 7) is 1.98. The Morgan fingerprint density at radius 2 is 2.07 bits per heavy atom. The van der Waals surface area contributed by atoms with Crippen molar-refractivity contribution in [1.29, 1.82) is 0 Å². The van der Waals surface area contributed by atoms with E-state index in [1.165, 1.54) is 23.0 Å². The van der Waals surface area contributed by atoms with E-state index in [0.717, 1.165) is 11.3 Å². The first-order valence-corrected chi connectivity index (χ1v) is 8.26. The van der Waals surface area contributed by atoms with E-state index >= 15 is 0 Å². The van der Waals surface area contributed by atoms with E-state index in [-0.39, 0.29) is 24.2 Å². The third-order valence-corrected chi connectivity index (χ3v) is 3.79. The molecule has 1 aromatic carbocycles. The zero-order valence-electron chi connectivity index (χ0n) is 14.9. The monoisotopic (exact) mass is 370 g/mol. The molecule has 0 saturated heterocycles. The van der Waals surface area contributed by atoms with Crippen LogP contribution >= 0.6 is 0 Å². The first kappa shape index (κ1) is 18.3. The summed E-state index contributed by atoms with van der Waals surface area (Å²) in [5.74, 6) is -1.07. The second kappa shape index (κ2) is 7.81. The molecule has 140 valence electrons. The Labute approximate surface area is 155 Å². The fraction of sp³-hybridized carbons (Fsp3) is 0.222. The molecule has 0 atom stereocenters. The number of amides is 2. The summed E-state index contributed by atoms with van der Waals surface area (Å²) in [6, 6.07) is 7.86. The zero-order chi connectivity index (χ0) is 19.4. The Kier molecular flexibility index (Phi) is 5.30. The van der Waals surface area contributed by atoms with Crippen LogP contribution in [-0.2, 0) is 18.4 Å². The molecular weight excluding hydrogens is 351 g/mol. The van der Waals surface area contributed by atoms with Gasteiger partial charge in [0.05, 0.1) is 30.7 Å². The van der Waals surface area contributed by atoms with Crippen molar-refractivity contribution < 1.29 is 14.0 Å². The quantitative estimate of drug-likeness (QED) is 0.687. The van der Waals surface area contributed by atoms with Gasteiger partial charge in [0.2, 0.25) is 5.91 Å². The Hall–Kier alpha value is -3.49. The first-order chi connectivity index (χ1) is 12.9. The van der Waals surface area contributed by atoms with E-state index in [1.54, 1.807) is 43.0 Å². The normalized spacial score (nSPS) is 10.6. The van der Waals surface area contributed by atoms with Gasteiger partial charge in [0.15, 0.2) is 0 Å². The van der Waals surface area contributed by atoms with Crippen molar-refractivity contribution >= 4 is 17.5 Å². The van der Waals surface area contributed by atoms with Crippen molar-refractivity contribution in [3.8, 4) is 0 Å². The fourth-order valence-electron chi connectivity index (χ4n) is 2.62. The number of benzene rings is 1. The molecule has 27 heavy (non-hydrogen) atoms. The molecule has 0 spiro atoms. The Bertz CT molecular complexity index is 978. The number of nitrogens with one attached hydrogen (secondary N) is 2. The minimum absolute atomic E-state index is 0.182. The highest BCUT2D eigenvalue weighted by atomic mass is 19.1. The second-order valence-electron chi connectivity index (χ2n) is 6.08. The van der Waals surface area contributed by atoms with Crippen molar-refractivity contribution in [3.05, 3.63) is 65.5 Å². The fourth-order valence-corrected chi connectivity index (χ4v) is 2.62. The molecule has 3 rings (SSSR count). The number of hydrogen-bond acceptors (Lipinski definition) is 4. The zero-order valence-corrected chi connectivity index (χ0v) is 14.9. The molecule has 2 N–H and O–H groups in total. The van der Waals surface area contributed by atoms with E-state index < -0.39 is 0 Å². The summed E-state index contributed by atoms with van der Waals surface area (Å²) in [6.07, 6.45) is 3.12. The highest BCUT2D eigenvalue weighted by molar-refractivity contribution is 5.98. The van der Waals surface area contributed by atoms with Crippen LogP contribution in [-0.4, -0.2) is 37.9 Å². The van der Waals surface area contributed by atoms with Crippen LogP contribution in [0.2, 0.25) is 0 Å². The van der Waals surface area contributed by atoms with E-state index in [1.807, 2.05) is 0 Å². The molecule has 0 aliphatic rings. The molecule has 0 aliphatic heterocycles. The summed E-state index contributed by atoms with van der Waals surface area (Å²) in [5, 5.41) is 13.4. The minimum atomic E-state index is -0.382. The predicted molar refractivity (Wildman–Crippen MR) is 96.6 cm³/mol. The van der Waals surface area contributed by atoms with Gasteiger partial charge in [-0.3, -0.25) is 19.0 Å². The number of rotatable bonds is 6. The van der Waals surface area contributed by atoms with Crippen molar-refractivity contribution in [2.75, 3.05) is 11.9 Å². The smallest absolute Gasteiger partial charge is 0.269 e. The molecule has 0 fully saturated rings. The molecule has 0 aliphatic carbocycles. The summed E-state index contributed by atoms with van der Waals surface area (Å²) < 4.78 is 16.3. The highest BCUT2D eigenvalue weighted by Crippen LogP contribution is 2.09. The Morgan fingerprint density at radius 1 is 1.26 bits per heavy atom. The van der Waals surface area contributed by atoms with E-state index in [2.05, 4.69) is 20.8 Å². The number of halogens is 1. The second-order valence-corrected chi connectivity index (χ2v) is 6.08. The predicted octanol–water partition coefficient (Wildman–Crippen LogP) is 1.48.